The fraction of sp³-hybridized carbons (Fsp3) is 0.824. The van der Waals surface area contributed by atoms with Gasteiger partial charge in [-0.15, -0.1) is 0 Å². The highest BCUT2D eigenvalue weighted by Gasteiger charge is 2.68. The number of Topliss-reactive ketones (excluding diaryl/α,β-unsaturated/α-hetero) is 1. The molecule has 9 atom stereocenters. The molecule has 0 saturated heterocycles. The standard InChI is InChI=1S/C28H44O3.C3H6O2.C3H4O/c1-18-20-10-14-27(5)24(25(20,3)13-11-23(18)30)9-8-21-22-7-6-12-28(22,17-31-19(2)29)16-15-26(21,27)4;1-3(4)5-2;1-2-3-4/h18,20-22,24H,6-17H2,1-5H3;1-2H3;2-3H,1H2/t18?,20?,21?,22?,24?,25?,26-,27?,28?;;/m1../s1. The van der Waals surface area contributed by atoms with Crippen LogP contribution in [-0.2, 0) is 28.7 Å². The summed E-state index contributed by atoms with van der Waals surface area (Å²) in [5.74, 6) is 3.24. The number of carbonyl (C=O) groups excluding carboxylic acids is 4. The van der Waals surface area contributed by atoms with E-state index in [1.165, 1.54) is 77.9 Å². The molecule has 5 fully saturated rings. The molecule has 5 rings (SSSR count). The molecule has 5 aliphatic carbocycles. The molecule has 6 heteroatoms. The van der Waals surface area contributed by atoms with Gasteiger partial charge < -0.3 is 9.47 Å². The molecule has 40 heavy (non-hydrogen) atoms. The van der Waals surface area contributed by atoms with Crippen molar-refractivity contribution in [2.45, 2.75) is 112 Å². The molecule has 0 amide bonds. The number of methoxy groups -OCH3 is 1. The van der Waals surface area contributed by atoms with Crippen LogP contribution in [-0.4, -0.2) is 37.7 Å². The SMILES string of the molecule is C=CC=O.CC(=O)OCC12CCCC1C1CCC3C4(C)CCC(=O)C(C)C4CCC3(C)[C@]1(C)CC2.COC(C)=O. The highest BCUT2D eigenvalue weighted by atomic mass is 16.5. The second-order valence-electron chi connectivity index (χ2n) is 14.2. The predicted octanol–water partition coefficient (Wildman–Crippen LogP) is 7.13. The Kier molecular flexibility index (Phi) is 10.2. The smallest absolute Gasteiger partial charge is 0.302 e. The summed E-state index contributed by atoms with van der Waals surface area (Å²) < 4.78 is 9.78. The van der Waals surface area contributed by atoms with Gasteiger partial charge in [-0.2, -0.15) is 0 Å². The summed E-state index contributed by atoms with van der Waals surface area (Å²) in [6, 6.07) is 0. The lowest BCUT2D eigenvalue weighted by Gasteiger charge is -2.71. The summed E-state index contributed by atoms with van der Waals surface area (Å²) in [6.45, 7) is 16.8. The van der Waals surface area contributed by atoms with Crippen molar-refractivity contribution in [3.05, 3.63) is 12.7 Å². The van der Waals surface area contributed by atoms with Gasteiger partial charge in [-0.05, 0) is 104 Å². The molecule has 0 bridgehead atoms. The van der Waals surface area contributed by atoms with Gasteiger partial charge in [0.25, 0.3) is 0 Å². The number of hydrogen-bond acceptors (Lipinski definition) is 6. The summed E-state index contributed by atoms with van der Waals surface area (Å²) in [5.41, 5.74) is 1.32. The van der Waals surface area contributed by atoms with E-state index in [0.717, 1.165) is 30.6 Å². The number of hydrogen-bond donors (Lipinski definition) is 0. The summed E-state index contributed by atoms with van der Waals surface area (Å²) in [5, 5.41) is 0. The minimum atomic E-state index is -0.245. The molecule has 6 nitrogen and oxygen atoms in total. The van der Waals surface area contributed by atoms with Crippen LogP contribution >= 0.6 is 0 Å². The Balaban J connectivity index is 0.000000429. The zero-order valence-corrected chi connectivity index (χ0v) is 26.2. The number of esters is 2. The molecule has 0 aromatic heterocycles. The van der Waals surface area contributed by atoms with Gasteiger partial charge in [-0.25, -0.2) is 0 Å². The monoisotopic (exact) mass is 558 g/mol. The fourth-order valence-electron chi connectivity index (χ4n) is 10.6. The van der Waals surface area contributed by atoms with E-state index in [9.17, 15) is 14.4 Å². The number of carbonyl (C=O) groups is 4. The third kappa shape index (κ3) is 5.57. The predicted molar refractivity (Wildman–Crippen MR) is 156 cm³/mol. The molecule has 0 aliphatic heterocycles. The van der Waals surface area contributed by atoms with Crippen molar-refractivity contribution >= 4 is 24.0 Å². The van der Waals surface area contributed by atoms with Crippen LogP contribution in [0.25, 0.3) is 0 Å². The third-order valence-corrected chi connectivity index (χ3v) is 12.8. The first-order valence-electron chi connectivity index (χ1n) is 15.5. The van der Waals surface area contributed by atoms with Crippen molar-refractivity contribution in [1.82, 2.24) is 0 Å². The molecule has 0 spiro atoms. The van der Waals surface area contributed by atoms with Crippen LogP contribution < -0.4 is 0 Å². The first-order valence-corrected chi connectivity index (χ1v) is 15.5. The van der Waals surface area contributed by atoms with Gasteiger partial charge in [-0.1, -0.05) is 40.7 Å². The van der Waals surface area contributed by atoms with Crippen molar-refractivity contribution < 1.29 is 28.7 Å². The van der Waals surface area contributed by atoms with Gasteiger partial charge >= 0.3 is 11.9 Å². The average molecular weight is 559 g/mol. The molecule has 8 unspecified atom stereocenters. The Morgan fingerprint density at radius 2 is 1.55 bits per heavy atom. The summed E-state index contributed by atoms with van der Waals surface area (Å²) >= 11 is 0. The van der Waals surface area contributed by atoms with E-state index in [-0.39, 0.29) is 23.3 Å². The van der Waals surface area contributed by atoms with E-state index >= 15 is 0 Å². The van der Waals surface area contributed by atoms with Crippen LogP contribution in [0.1, 0.15) is 112 Å². The lowest BCUT2D eigenvalue weighted by Crippen LogP contribution is -2.65. The fourth-order valence-corrected chi connectivity index (χ4v) is 10.6. The molecule has 0 N–H and O–H groups in total. The zero-order chi connectivity index (χ0) is 29.9. The summed E-state index contributed by atoms with van der Waals surface area (Å²) in [7, 11) is 1.35. The molecule has 0 heterocycles. The molecule has 0 aromatic carbocycles. The molecular formula is C34H54O6. The van der Waals surface area contributed by atoms with E-state index in [1.807, 2.05) is 0 Å². The molecular weight excluding hydrogens is 504 g/mol. The number of allylic oxidation sites excluding steroid dienone is 1. The number of aldehydes is 1. The Bertz CT molecular complexity index is 967. The first kappa shape index (κ1) is 32.5. The van der Waals surface area contributed by atoms with E-state index < -0.39 is 0 Å². The normalized spacial score (nSPS) is 43.0. The van der Waals surface area contributed by atoms with Crippen LogP contribution in [0.15, 0.2) is 12.7 Å². The average Bonchev–Trinajstić information content (AvgIpc) is 3.35. The lowest BCUT2D eigenvalue weighted by molar-refractivity contribution is -0.228. The molecule has 0 aromatic rings. The Labute approximate surface area is 242 Å². The molecule has 5 saturated carbocycles. The van der Waals surface area contributed by atoms with E-state index in [1.54, 1.807) is 6.92 Å². The minimum Gasteiger partial charge on any atom is -0.469 e. The highest BCUT2D eigenvalue weighted by Crippen LogP contribution is 2.75. The second-order valence-corrected chi connectivity index (χ2v) is 14.2. The van der Waals surface area contributed by atoms with Gasteiger partial charge in [0.1, 0.15) is 12.1 Å². The maximum Gasteiger partial charge on any atom is 0.302 e. The highest BCUT2D eigenvalue weighted by molar-refractivity contribution is 5.82. The Morgan fingerprint density at radius 1 is 0.900 bits per heavy atom. The Morgan fingerprint density at radius 3 is 2.12 bits per heavy atom. The van der Waals surface area contributed by atoms with Gasteiger partial charge in [0.2, 0.25) is 0 Å². The molecule has 5 aliphatic rings. The number of ether oxygens (including phenoxy) is 2. The summed E-state index contributed by atoms with van der Waals surface area (Å²) in [6.07, 6.45) is 15.4. The van der Waals surface area contributed by atoms with Gasteiger partial charge in [-0.3, -0.25) is 19.2 Å². The van der Waals surface area contributed by atoms with Gasteiger partial charge in [0.15, 0.2) is 0 Å². The van der Waals surface area contributed by atoms with Crippen molar-refractivity contribution in [3.63, 3.8) is 0 Å². The van der Waals surface area contributed by atoms with Crippen molar-refractivity contribution in [3.8, 4) is 0 Å². The maximum atomic E-state index is 12.6. The number of ketones is 1. The largest absolute Gasteiger partial charge is 0.469 e. The van der Waals surface area contributed by atoms with Gasteiger partial charge in [0.05, 0.1) is 13.7 Å². The van der Waals surface area contributed by atoms with Crippen molar-refractivity contribution in [2.75, 3.05) is 13.7 Å². The van der Waals surface area contributed by atoms with E-state index in [0.29, 0.717) is 40.8 Å². The van der Waals surface area contributed by atoms with Crippen molar-refractivity contribution in [1.29, 1.82) is 0 Å². The quantitative estimate of drug-likeness (QED) is 0.208. The third-order valence-electron chi connectivity index (χ3n) is 12.8. The Hall–Kier alpha value is -1.98. The summed E-state index contributed by atoms with van der Waals surface area (Å²) in [4.78, 5) is 42.8. The minimum absolute atomic E-state index is 0.115. The van der Waals surface area contributed by atoms with Crippen LogP contribution in [0.2, 0.25) is 0 Å². The van der Waals surface area contributed by atoms with Crippen LogP contribution in [0, 0.1) is 51.2 Å². The zero-order valence-electron chi connectivity index (χ0n) is 26.2. The molecule has 226 valence electrons. The van der Waals surface area contributed by atoms with E-state index in [2.05, 4.69) is 39.0 Å². The van der Waals surface area contributed by atoms with E-state index in [4.69, 9.17) is 9.53 Å². The topological polar surface area (TPSA) is 86.7 Å². The van der Waals surface area contributed by atoms with Crippen LogP contribution in [0.3, 0.4) is 0 Å². The molecule has 0 radical (unpaired) electrons. The van der Waals surface area contributed by atoms with Crippen molar-refractivity contribution in [2.24, 2.45) is 51.2 Å². The first-order chi connectivity index (χ1) is 18.8. The lowest BCUT2D eigenvalue weighted by atomic mass is 9.33. The number of fused-ring (bicyclic) bond motifs is 7. The number of rotatable bonds is 3. The second kappa shape index (κ2) is 12.5. The maximum absolute atomic E-state index is 12.6. The van der Waals surface area contributed by atoms with Crippen LogP contribution in [0.5, 0.6) is 0 Å². The van der Waals surface area contributed by atoms with Crippen LogP contribution in [0.4, 0.5) is 0 Å². The van der Waals surface area contributed by atoms with Gasteiger partial charge in [0, 0.05) is 31.6 Å².